The van der Waals surface area contributed by atoms with Crippen molar-refractivity contribution in [2.75, 3.05) is 13.6 Å². The number of hydrogen-bond acceptors (Lipinski definition) is 5. The van der Waals surface area contributed by atoms with E-state index < -0.39 is 16.1 Å². The van der Waals surface area contributed by atoms with Gasteiger partial charge in [-0.2, -0.15) is 4.31 Å². The van der Waals surface area contributed by atoms with Crippen LogP contribution in [0.4, 0.5) is 0 Å². The van der Waals surface area contributed by atoms with E-state index in [1.807, 2.05) is 0 Å². The molecule has 2 rings (SSSR count). The Morgan fingerprint density at radius 3 is 2.83 bits per heavy atom. The zero-order valence-electron chi connectivity index (χ0n) is 13.5. The Morgan fingerprint density at radius 2 is 2.21 bits per heavy atom. The Kier molecular flexibility index (Phi) is 5.53. The highest BCUT2D eigenvalue weighted by Crippen LogP contribution is 2.25. The smallest absolute Gasteiger partial charge is 0.251 e. The van der Waals surface area contributed by atoms with E-state index in [0.29, 0.717) is 12.2 Å². The molecular weight excluding hydrogens is 330 g/mol. The monoisotopic (exact) mass is 349 g/mol. The lowest BCUT2D eigenvalue weighted by molar-refractivity contribution is 0.0958. The largest absolute Gasteiger partial charge is 0.364 e. The first-order valence-corrected chi connectivity index (χ1v) is 8.69. The molecule has 0 saturated heterocycles. The molecule has 7 nitrogen and oxygen atoms in total. The van der Waals surface area contributed by atoms with Crippen LogP contribution < -0.4 is 5.32 Å². The Balaban J connectivity index is 2.29. The zero-order valence-corrected chi connectivity index (χ0v) is 14.3. The summed E-state index contributed by atoms with van der Waals surface area (Å²) in [5.74, 6) is -0.362. The minimum absolute atomic E-state index is 0.0339. The van der Waals surface area contributed by atoms with Crippen LogP contribution in [0.2, 0.25) is 0 Å². The molecule has 1 N–H and O–H groups in total. The summed E-state index contributed by atoms with van der Waals surface area (Å²) in [6, 6.07) is 6.98. The van der Waals surface area contributed by atoms with Gasteiger partial charge in [-0.05, 0) is 25.1 Å². The van der Waals surface area contributed by atoms with Gasteiger partial charge in [0.05, 0.1) is 10.9 Å². The lowest BCUT2D eigenvalue weighted by Crippen LogP contribution is -2.30. The minimum Gasteiger partial charge on any atom is -0.364 e. The number of hydrogen-bond donors (Lipinski definition) is 1. The van der Waals surface area contributed by atoms with Gasteiger partial charge in [-0.25, -0.2) is 8.42 Å². The Bertz CT molecular complexity index is 816. The van der Waals surface area contributed by atoms with Crippen molar-refractivity contribution in [2.45, 2.75) is 17.9 Å². The van der Waals surface area contributed by atoms with Crippen LogP contribution in [0, 0.1) is 0 Å². The minimum atomic E-state index is -3.79. The number of benzene rings is 1. The average molecular weight is 349 g/mol. The van der Waals surface area contributed by atoms with Gasteiger partial charge in [-0.15, -0.1) is 6.58 Å². The Morgan fingerprint density at radius 1 is 1.46 bits per heavy atom. The molecule has 1 aromatic heterocycles. The van der Waals surface area contributed by atoms with E-state index in [0.717, 1.165) is 0 Å². The maximum atomic E-state index is 12.8. The fourth-order valence-corrected chi connectivity index (χ4v) is 3.45. The van der Waals surface area contributed by atoms with Gasteiger partial charge in [0, 0.05) is 25.2 Å². The second-order valence-corrected chi connectivity index (χ2v) is 7.15. The number of carbonyl (C=O) groups is 1. The Hall–Kier alpha value is -2.45. The third-order valence-electron chi connectivity index (χ3n) is 3.61. The highest BCUT2D eigenvalue weighted by Gasteiger charge is 2.28. The topological polar surface area (TPSA) is 92.5 Å². The Labute approximate surface area is 141 Å². The summed E-state index contributed by atoms with van der Waals surface area (Å²) in [4.78, 5) is 12.0. The maximum absolute atomic E-state index is 12.8. The lowest BCUT2D eigenvalue weighted by atomic mass is 10.2. The molecule has 0 spiro atoms. The van der Waals surface area contributed by atoms with Crippen molar-refractivity contribution in [3.8, 4) is 0 Å². The number of nitrogens with zero attached hydrogens (tertiary/aromatic N) is 2. The van der Waals surface area contributed by atoms with Gasteiger partial charge in [0.2, 0.25) is 10.0 Å². The molecule has 128 valence electrons. The summed E-state index contributed by atoms with van der Waals surface area (Å²) in [5.41, 5.74) is 0.765. The quantitative estimate of drug-likeness (QED) is 0.772. The standard InChI is InChI=1S/C16H19N3O4S/c1-4-9-17-16(20)13-6-5-7-14(11-13)24(21,22)19(3)12(2)15-8-10-23-18-15/h4-8,10-12H,1,9H2,2-3H3,(H,17,20). The van der Waals surface area contributed by atoms with E-state index in [1.165, 1.54) is 35.8 Å². The zero-order chi connectivity index (χ0) is 17.7. The van der Waals surface area contributed by atoms with Gasteiger partial charge in [-0.1, -0.05) is 17.3 Å². The van der Waals surface area contributed by atoms with E-state index in [-0.39, 0.29) is 16.4 Å². The van der Waals surface area contributed by atoms with Crippen LogP contribution in [0.3, 0.4) is 0 Å². The van der Waals surface area contributed by atoms with Crippen molar-refractivity contribution >= 4 is 15.9 Å². The molecule has 0 aliphatic heterocycles. The van der Waals surface area contributed by atoms with Crippen molar-refractivity contribution in [2.24, 2.45) is 0 Å². The molecule has 0 saturated carbocycles. The number of aromatic nitrogens is 1. The fourth-order valence-electron chi connectivity index (χ4n) is 2.06. The molecule has 0 bridgehead atoms. The highest BCUT2D eigenvalue weighted by molar-refractivity contribution is 7.89. The molecule has 0 aliphatic carbocycles. The maximum Gasteiger partial charge on any atom is 0.251 e. The van der Waals surface area contributed by atoms with Crippen LogP contribution >= 0.6 is 0 Å². The number of carbonyl (C=O) groups excluding carboxylic acids is 1. The van der Waals surface area contributed by atoms with Crippen molar-refractivity contribution < 1.29 is 17.7 Å². The first-order chi connectivity index (χ1) is 11.4. The predicted molar refractivity (Wildman–Crippen MR) is 88.8 cm³/mol. The first kappa shape index (κ1) is 17.9. The van der Waals surface area contributed by atoms with Crippen LogP contribution in [-0.4, -0.2) is 37.4 Å². The summed E-state index contributed by atoms with van der Waals surface area (Å²) in [6.07, 6.45) is 2.93. The SMILES string of the molecule is C=CCNC(=O)c1cccc(S(=O)(=O)N(C)C(C)c2ccon2)c1. The molecule has 1 aromatic carbocycles. The summed E-state index contributed by atoms with van der Waals surface area (Å²) < 4.78 is 31.5. The van der Waals surface area contributed by atoms with Crippen molar-refractivity contribution in [3.05, 3.63) is 60.5 Å². The molecule has 0 radical (unpaired) electrons. The summed E-state index contributed by atoms with van der Waals surface area (Å²) in [7, 11) is -2.33. The van der Waals surface area contributed by atoms with Crippen LogP contribution in [0.1, 0.15) is 29.0 Å². The van der Waals surface area contributed by atoms with E-state index in [4.69, 9.17) is 4.52 Å². The van der Waals surface area contributed by atoms with Gasteiger partial charge in [0.1, 0.15) is 12.0 Å². The van der Waals surface area contributed by atoms with E-state index in [2.05, 4.69) is 17.1 Å². The molecule has 1 atom stereocenters. The van der Waals surface area contributed by atoms with Gasteiger partial charge >= 0.3 is 0 Å². The first-order valence-electron chi connectivity index (χ1n) is 7.25. The van der Waals surface area contributed by atoms with E-state index in [9.17, 15) is 13.2 Å². The molecule has 0 fully saturated rings. The summed E-state index contributed by atoms with van der Waals surface area (Å²) in [6.45, 7) is 5.53. The molecule has 2 aromatic rings. The van der Waals surface area contributed by atoms with Gasteiger partial charge < -0.3 is 9.84 Å². The molecule has 24 heavy (non-hydrogen) atoms. The van der Waals surface area contributed by atoms with E-state index in [1.54, 1.807) is 25.1 Å². The predicted octanol–water partition coefficient (Wildman–Crippen LogP) is 1.97. The number of amides is 1. The molecule has 1 heterocycles. The summed E-state index contributed by atoms with van der Waals surface area (Å²) >= 11 is 0. The summed E-state index contributed by atoms with van der Waals surface area (Å²) in [5, 5.41) is 6.38. The third kappa shape index (κ3) is 3.72. The molecule has 8 heteroatoms. The van der Waals surface area contributed by atoms with Crippen LogP contribution in [-0.2, 0) is 10.0 Å². The lowest BCUT2D eigenvalue weighted by Gasteiger charge is -2.22. The number of sulfonamides is 1. The van der Waals surface area contributed by atoms with Gasteiger partial charge in [0.15, 0.2) is 0 Å². The third-order valence-corrected chi connectivity index (χ3v) is 5.54. The van der Waals surface area contributed by atoms with Crippen molar-refractivity contribution in [1.29, 1.82) is 0 Å². The van der Waals surface area contributed by atoms with Crippen LogP contribution in [0.25, 0.3) is 0 Å². The highest BCUT2D eigenvalue weighted by atomic mass is 32.2. The fraction of sp³-hybridized carbons (Fsp3) is 0.250. The number of nitrogens with one attached hydrogen (secondary N) is 1. The van der Waals surface area contributed by atoms with E-state index >= 15 is 0 Å². The van der Waals surface area contributed by atoms with Gasteiger partial charge in [-0.3, -0.25) is 4.79 Å². The molecule has 0 aliphatic rings. The normalized spacial score (nSPS) is 12.8. The van der Waals surface area contributed by atoms with Crippen LogP contribution in [0.15, 0.2) is 58.7 Å². The van der Waals surface area contributed by atoms with Crippen molar-refractivity contribution in [1.82, 2.24) is 14.8 Å². The average Bonchev–Trinajstić information content (AvgIpc) is 3.13. The van der Waals surface area contributed by atoms with Crippen LogP contribution in [0.5, 0.6) is 0 Å². The molecular formula is C16H19N3O4S. The van der Waals surface area contributed by atoms with Gasteiger partial charge in [0.25, 0.3) is 5.91 Å². The molecule has 1 unspecified atom stereocenters. The second-order valence-electron chi connectivity index (χ2n) is 5.15. The second kappa shape index (κ2) is 7.41. The van der Waals surface area contributed by atoms with Crippen molar-refractivity contribution in [3.63, 3.8) is 0 Å². The molecule has 1 amide bonds. The number of rotatable bonds is 7.